The summed E-state index contributed by atoms with van der Waals surface area (Å²) in [6, 6.07) is 6.22. The second kappa shape index (κ2) is 6.58. The molecule has 0 spiro atoms. The number of nitrogens with one attached hydrogen (secondary N) is 1. The first kappa shape index (κ1) is 15.2. The van der Waals surface area contributed by atoms with Crippen molar-refractivity contribution in [1.29, 1.82) is 0 Å². The molecule has 0 radical (unpaired) electrons. The number of carbonyl (C=O) groups excluding carboxylic acids is 1. The predicted molar refractivity (Wildman–Crippen MR) is 85.5 cm³/mol. The molecule has 2 aliphatic rings. The molecule has 1 fully saturated rings. The molecule has 1 aromatic rings. The van der Waals surface area contributed by atoms with Crippen LogP contribution in [0, 0.1) is 0 Å². The normalized spacial score (nSPS) is 18.7. The Bertz CT molecular complexity index is 585. The highest BCUT2D eigenvalue weighted by atomic mass is 32.2. The van der Waals surface area contributed by atoms with Crippen LogP contribution >= 0.6 is 11.8 Å². The summed E-state index contributed by atoms with van der Waals surface area (Å²) in [4.78, 5) is 27.2. The van der Waals surface area contributed by atoms with Gasteiger partial charge in [0.05, 0.1) is 11.4 Å². The summed E-state index contributed by atoms with van der Waals surface area (Å²) in [5.74, 6) is 0.541. The van der Waals surface area contributed by atoms with E-state index in [-0.39, 0.29) is 5.91 Å². The van der Waals surface area contributed by atoms with Gasteiger partial charge in [-0.1, -0.05) is 6.07 Å². The summed E-state index contributed by atoms with van der Waals surface area (Å²) in [5, 5.41) is 11.8. The van der Waals surface area contributed by atoms with Gasteiger partial charge in [0.2, 0.25) is 5.91 Å². The van der Waals surface area contributed by atoms with Crippen LogP contribution in [0.3, 0.4) is 0 Å². The van der Waals surface area contributed by atoms with E-state index in [0.717, 1.165) is 36.6 Å². The zero-order chi connectivity index (χ0) is 15.5. The van der Waals surface area contributed by atoms with E-state index in [2.05, 4.69) is 22.3 Å². The fourth-order valence-electron chi connectivity index (χ4n) is 2.74. The number of thioether (sulfide) groups is 1. The van der Waals surface area contributed by atoms with Gasteiger partial charge in [-0.2, -0.15) is 0 Å². The minimum atomic E-state index is -0.831. The van der Waals surface area contributed by atoms with E-state index in [1.54, 1.807) is 11.8 Å². The molecule has 3 rings (SSSR count). The quantitative estimate of drug-likeness (QED) is 0.884. The van der Waals surface area contributed by atoms with Crippen LogP contribution < -0.4 is 5.32 Å². The van der Waals surface area contributed by atoms with Gasteiger partial charge in [0.15, 0.2) is 0 Å². The topological polar surface area (TPSA) is 72.9 Å². The van der Waals surface area contributed by atoms with Crippen molar-refractivity contribution in [2.75, 3.05) is 43.8 Å². The molecule has 2 heterocycles. The second-order valence-electron chi connectivity index (χ2n) is 5.53. The largest absolute Gasteiger partial charge is 0.465 e. The zero-order valence-electron chi connectivity index (χ0n) is 12.2. The lowest BCUT2D eigenvalue weighted by Crippen LogP contribution is -2.48. The number of piperazine rings is 1. The number of anilines is 1. The number of nitrogens with zero attached hydrogens (tertiary/aromatic N) is 2. The Morgan fingerprint density at radius 1 is 1.27 bits per heavy atom. The molecule has 118 valence electrons. The van der Waals surface area contributed by atoms with Crippen LogP contribution in [0.1, 0.15) is 5.56 Å². The van der Waals surface area contributed by atoms with Crippen molar-refractivity contribution >= 4 is 29.4 Å². The Hall–Kier alpha value is -1.73. The highest BCUT2D eigenvalue weighted by Gasteiger charge is 2.20. The first-order valence-electron chi connectivity index (χ1n) is 7.37. The number of carboxylic acid groups (broad SMARTS) is 1. The maximum Gasteiger partial charge on any atom is 0.407 e. The van der Waals surface area contributed by atoms with Crippen molar-refractivity contribution in [3.63, 3.8) is 0 Å². The molecule has 1 saturated heterocycles. The van der Waals surface area contributed by atoms with Gasteiger partial charge in [-0.05, 0) is 24.1 Å². The molecule has 0 unspecified atom stereocenters. The molecule has 2 amide bonds. The second-order valence-corrected chi connectivity index (χ2v) is 6.55. The molecule has 0 bridgehead atoms. The van der Waals surface area contributed by atoms with E-state index in [9.17, 15) is 9.59 Å². The van der Waals surface area contributed by atoms with E-state index in [4.69, 9.17) is 5.11 Å². The van der Waals surface area contributed by atoms with Crippen molar-refractivity contribution in [3.05, 3.63) is 23.8 Å². The molecule has 0 atom stereocenters. The molecule has 22 heavy (non-hydrogen) atoms. The average Bonchev–Trinajstić information content (AvgIpc) is 2.53. The summed E-state index contributed by atoms with van der Waals surface area (Å²) in [5.41, 5.74) is 2.11. The molecule has 1 aromatic carbocycles. The Morgan fingerprint density at radius 2 is 2.05 bits per heavy atom. The van der Waals surface area contributed by atoms with Gasteiger partial charge in [-0.25, -0.2) is 4.79 Å². The van der Waals surface area contributed by atoms with Gasteiger partial charge in [0.25, 0.3) is 0 Å². The Kier molecular flexibility index (Phi) is 4.54. The first-order chi connectivity index (χ1) is 10.6. The van der Waals surface area contributed by atoms with E-state index in [0.29, 0.717) is 18.8 Å². The predicted octanol–water partition coefficient (Wildman–Crippen LogP) is 1.57. The van der Waals surface area contributed by atoms with Crippen LogP contribution in [-0.4, -0.2) is 65.4 Å². The minimum absolute atomic E-state index is 0.0550. The van der Waals surface area contributed by atoms with Gasteiger partial charge in [0.1, 0.15) is 0 Å². The van der Waals surface area contributed by atoms with Crippen LogP contribution in [0.25, 0.3) is 0 Å². The van der Waals surface area contributed by atoms with Crippen molar-refractivity contribution in [2.45, 2.75) is 11.3 Å². The van der Waals surface area contributed by atoms with Crippen LogP contribution in [0.4, 0.5) is 10.5 Å². The number of benzene rings is 1. The Morgan fingerprint density at radius 3 is 2.77 bits per heavy atom. The van der Waals surface area contributed by atoms with E-state index >= 15 is 0 Å². The highest BCUT2D eigenvalue weighted by Crippen LogP contribution is 2.32. The van der Waals surface area contributed by atoms with Crippen molar-refractivity contribution in [2.24, 2.45) is 0 Å². The van der Waals surface area contributed by atoms with E-state index < -0.39 is 6.09 Å². The lowest BCUT2D eigenvalue weighted by Gasteiger charge is -2.33. The summed E-state index contributed by atoms with van der Waals surface area (Å²) in [6.07, 6.45) is 0.0727. The van der Waals surface area contributed by atoms with E-state index in [1.807, 2.05) is 6.07 Å². The molecule has 0 aromatic heterocycles. The summed E-state index contributed by atoms with van der Waals surface area (Å²) in [6.45, 7) is 3.62. The van der Waals surface area contributed by atoms with Crippen LogP contribution in [0.5, 0.6) is 0 Å². The maximum absolute atomic E-state index is 11.4. The third kappa shape index (κ3) is 3.53. The third-order valence-corrected chi connectivity index (χ3v) is 5.11. The van der Waals surface area contributed by atoms with E-state index in [1.165, 1.54) is 10.5 Å². The van der Waals surface area contributed by atoms with Crippen LogP contribution in [0.2, 0.25) is 0 Å². The van der Waals surface area contributed by atoms with Crippen LogP contribution in [-0.2, 0) is 11.2 Å². The molecular formula is C15H19N3O3S. The molecule has 6 nitrogen and oxygen atoms in total. The third-order valence-electron chi connectivity index (χ3n) is 4.04. The minimum Gasteiger partial charge on any atom is -0.465 e. The van der Waals surface area contributed by atoms with Gasteiger partial charge in [0, 0.05) is 37.6 Å². The molecule has 7 heteroatoms. The SMILES string of the molecule is O=C1CSc2ccc(CCN3CCN(C(=O)O)CC3)cc2N1. The molecule has 0 aliphatic carbocycles. The van der Waals surface area contributed by atoms with Crippen molar-refractivity contribution in [1.82, 2.24) is 9.80 Å². The monoisotopic (exact) mass is 321 g/mol. The number of rotatable bonds is 3. The lowest BCUT2D eigenvalue weighted by molar-refractivity contribution is -0.113. The standard InChI is InChI=1S/C15H19N3O3S/c19-14-10-22-13-2-1-11(9-12(13)16-14)3-4-17-5-7-18(8-6-17)15(20)21/h1-2,9H,3-8,10H2,(H,16,19)(H,20,21). The van der Waals surface area contributed by atoms with Gasteiger partial charge >= 0.3 is 6.09 Å². The summed E-state index contributed by atoms with van der Waals surface area (Å²) >= 11 is 1.57. The number of fused-ring (bicyclic) bond motifs is 1. The van der Waals surface area contributed by atoms with Gasteiger partial charge < -0.3 is 15.3 Å². The number of hydrogen-bond donors (Lipinski definition) is 2. The number of amides is 2. The van der Waals surface area contributed by atoms with Crippen LogP contribution in [0.15, 0.2) is 23.1 Å². The molecule has 0 saturated carbocycles. The smallest absolute Gasteiger partial charge is 0.407 e. The summed E-state index contributed by atoms with van der Waals surface area (Å²) in [7, 11) is 0. The van der Waals surface area contributed by atoms with Gasteiger partial charge in [-0.15, -0.1) is 11.8 Å². The fraction of sp³-hybridized carbons (Fsp3) is 0.467. The molecule has 2 aliphatic heterocycles. The number of carbonyl (C=O) groups is 2. The van der Waals surface area contributed by atoms with Gasteiger partial charge in [-0.3, -0.25) is 9.69 Å². The number of hydrogen-bond acceptors (Lipinski definition) is 4. The Balaban J connectivity index is 1.53. The fourth-order valence-corrected chi connectivity index (χ4v) is 3.52. The van der Waals surface area contributed by atoms with Crippen molar-refractivity contribution in [3.8, 4) is 0 Å². The highest BCUT2D eigenvalue weighted by molar-refractivity contribution is 8.00. The average molecular weight is 321 g/mol. The lowest BCUT2D eigenvalue weighted by atomic mass is 10.1. The molecule has 2 N–H and O–H groups in total. The Labute approximate surface area is 133 Å². The first-order valence-corrected chi connectivity index (χ1v) is 8.36. The summed E-state index contributed by atoms with van der Waals surface area (Å²) < 4.78 is 0. The van der Waals surface area contributed by atoms with Crippen molar-refractivity contribution < 1.29 is 14.7 Å². The maximum atomic E-state index is 11.4. The molecular weight excluding hydrogens is 302 g/mol. The zero-order valence-corrected chi connectivity index (χ0v) is 13.1.